The number of hydrogen-bond acceptors (Lipinski definition) is 3. The van der Waals surface area contributed by atoms with Gasteiger partial charge in [-0.1, -0.05) is 26.7 Å². The number of nitrogens with zero attached hydrogens (tertiary/aromatic N) is 1. The third-order valence-corrected chi connectivity index (χ3v) is 4.36. The number of carbonyl (C=O) groups is 1. The van der Waals surface area contributed by atoms with Crippen LogP contribution in [0.4, 0.5) is 0 Å². The number of carbonyl (C=O) groups excluding carboxylic acids is 1. The van der Waals surface area contributed by atoms with Crippen molar-refractivity contribution in [1.29, 1.82) is 0 Å². The van der Waals surface area contributed by atoms with Crippen LogP contribution in [0.15, 0.2) is 0 Å². The fourth-order valence-electron chi connectivity index (χ4n) is 3.13. The van der Waals surface area contributed by atoms with Gasteiger partial charge in [0.2, 0.25) is 0 Å². The molecule has 0 saturated carbocycles. The lowest BCUT2D eigenvalue weighted by molar-refractivity contribution is -0.132. The molecule has 1 aliphatic rings. The van der Waals surface area contributed by atoms with Crippen LogP contribution in [0, 0.1) is 5.92 Å². The molecule has 1 heterocycles. The van der Waals surface area contributed by atoms with E-state index in [9.17, 15) is 4.79 Å². The normalized spacial score (nSPS) is 24.6. The number of ketones is 1. The van der Waals surface area contributed by atoms with Crippen LogP contribution in [0.2, 0.25) is 0 Å². The van der Waals surface area contributed by atoms with Crippen molar-refractivity contribution in [3.05, 3.63) is 0 Å². The van der Waals surface area contributed by atoms with Gasteiger partial charge < -0.3 is 9.64 Å². The van der Waals surface area contributed by atoms with Crippen LogP contribution in [0.3, 0.4) is 0 Å². The van der Waals surface area contributed by atoms with Gasteiger partial charge >= 0.3 is 0 Å². The first-order chi connectivity index (χ1) is 9.24. The molecule has 0 radical (unpaired) electrons. The largest absolute Gasteiger partial charge is 0.361 e. The van der Waals surface area contributed by atoms with E-state index in [1.165, 1.54) is 25.7 Å². The van der Waals surface area contributed by atoms with Gasteiger partial charge in [-0.3, -0.25) is 4.79 Å². The van der Waals surface area contributed by atoms with Gasteiger partial charge in [-0.05, 0) is 53.6 Å². The molecule has 1 unspecified atom stereocenters. The summed E-state index contributed by atoms with van der Waals surface area (Å²) in [4.78, 5) is 15.0. The molecule has 1 saturated heterocycles. The summed E-state index contributed by atoms with van der Waals surface area (Å²) in [6.45, 7) is 15.4. The van der Waals surface area contributed by atoms with E-state index in [0.29, 0.717) is 0 Å². The van der Waals surface area contributed by atoms with Crippen LogP contribution in [0.25, 0.3) is 0 Å². The molecule has 0 aliphatic carbocycles. The quantitative estimate of drug-likeness (QED) is 0.681. The van der Waals surface area contributed by atoms with Crippen molar-refractivity contribution in [2.45, 2.75) is 78.4 Å². The van der Waals surface area contributed by atoms with Crippen molar-refractivity contribution in [2.24, 2.45) is 5.92 Å². The molecule has 0 spiro atoms. The highest BCUT2D eigenvalue weighted by atomic mass is 16.5. The first-order valence-electron chi connectivity index (χ1n) is 8.21. The first kappa shape index (κ1) is 17.6. The van der Waals surface area contributed by atoms with Crippen molar-refractivity contribution >= 4 is 5.78 Å². The minimum atomic E-state index is -0.630. The molecule has 1 rings (SSSR count). The summed E-state index contributed by atoms with van der Waals surface area (Å²) in [6, 6.07) is 0. The summed E-state index contributed by atoms with van der Waals surface area (Å²) < 4.78 is 5.99. The number of unbranched alkanes of at least 4 members (excludes halogenated alkanes) is 2. The number of rotatable bonds is 8. The molecule has 0 aromatic heterocycles. The van der Waals surface area contributed by atoms with E-state index in [1.54, 1.807) is 0 Å². The Kier molecular flexibility index (Phi) is 6.21. The molecule has 118 valence electrons. The Hall–Kier alpha value is -0.410. The maximum atomic E-state index is 12.6. The van der Waals surface area contributed by atoms with E-state index >= 15 is 0 Å². The van der Waals surface area contributed by atoms with Gasteiger partial charge in [-0.2, -0.15) is 0 Å². The first-order valence-corrected chi connectivity index (χ1v) is 8.21. The second-order valence-electron chi connectivity index (χ2n) is 7.14. The summed E-state index contributed by atoms with van der Waals surface area (Å²) in [7, 11) is 0. The van der Waals surface area contributed by atoms with Crippen LogP contribution in [-0.4, -0.2) is 41.5 Å². The molecule has 0 bridgehead atoms. The van der Waals surface area contributed by atoms with Gasteiger partial charge in [0, 0.05) is 6.54 Å². The van der Waals surface area contributed by atoms with Gasteiger partial charge in [-0.25, -0.2) is 0 Å². The van der Waals surface area contributed by atoms with Crippen molar-refractivity contribution in [1.82, 2.24) is 4.90 Å². The van der Waals surface area contributed by atoms with Crippen molar-refractivity contribution in [2.75, 3.05) is 19.6 Å². The zero-order valence-electron chi connectivity index (χ0n) is 14.3. The summed E-state index contributed by atoms with van der Waals surface area (Å²) in [5, 5.41) is 0. The van der Waals surface area contributed by atoms with Gasteiger partial charge in [-0.15, -0.1) is 0 Å². The molecule has 0 aromatic rings. The Balaban J connectivity index is 2.72. The monoisotopic (exact) mass is 283 g/mol. The number of Topliss-reactive ketones (excluding diaryl/α,β-unsaturated/α-hetero) is 1. The lowest BCUT2D eigenvalue weighted by Gasteiger charge is -2.30. The Bertz CT molecular complexity index is 315. The highest BCUT2D eigenvalue weighted by Crippen LogP contribution is 2.39. The lowest BCUT2D eigenvalue weighted by atomic mass is 9.85. The molecule has 20 heavy (non-hydrogen) atoms. The Morgan fingerprint density at radius 2 is 1.55 bits per heavy atom. The maximum absolute atomic E-state index is 12.6. The number of ether oxygens (including phenoxy) is 1. The summed E-state index contributed by atoms with van der Waals surface area (Å²) in [6.07, 6.45) is 4.81. The minimum Gasteiger partial charge on any atom is -0.361 e. The van der Waals surface area contributed by atoms with E-state index in [0.717, 1.165) is 19.6 Å². The van der Waals surface area contributed by atoms with Crippen molar-refractivity contribution < 1.29 is 9.53 Å². The zero-order chi connectivity index (χ0) is 15.4. The fourth-order valence-corrected chi connectivity index (χ4v) is 3.13. The summed E-state index contributed by atoms with van der Waals surface area (Å²) in [5.74, 6) is 0.256. The highest BCUT2D eigenvalue weighted by Gasteiger charge is 2.53. The zero-order valence-corrected chi connectivity index (χ0v) is 14.3. The highest BCUT2D eigenvalue weighted by molar-refractivity contribution is 5.91. The van der Waals surface area contributed by atoms with E-state index in [1.807, 2.05) is 13.8 Å². The van der Waals surface area contributed by atoms with Gasteiger partial charge in [0.1, 0.15) is 5.60 Å². The van der Waals surface area contributed by atoms with E-state index in [-0.39, 0.29) is 17.3 Å². The van der Waals surface area contributed by atoms with Gasteiger partial charge in [0.05, 0.1) is 11.5 Å². The smallest absolute Gasteiger partial charge is 0.171 e. The third kappa shape index (κ3) is 4.29. The van der Waals surface area contributed by atoms with Crippen LogP contribution >= 0.6 is 0 Å². The van der Waals surface area contributed by atoms with Crippen molar-refractivity contribution in [3.63, 3.8) is 0 Å². The molecular formula is C17H33NO2. The fraction of sp³-hybridized carbons (Fsp3) is 0.941. The van der Waals surface area contributed by atoms with Gasteiger partial charge in [0.25, 0.3) is 0 Å². The van der Waals surface area contributed by atoms with Crippen molar-refractivity contribution in [3.8, 4) is 0 Å². The molecule has 1 atom stereocenters. The molecule has 1 fully saturated rings. The summed E-state index contributed by atoms with van der Waals surface area (Å²) >= 11 is 0. The third-order valence-electron chi connectivity index (χ3n) is 4.36. The minimum absolute atomic E-state index is 0.00814. The van der Waals surface area contributed by atoms with Crippen LogP contribution in [0.1, 0.15) is 67.2 Å². The Morgan fingerprint density at radius 3 is 1.90 bits per heavy atom. The van der Waals surface area contributed by atoms with Crippen LogP contribution < -0.4 is 0 Å². The molecule has 0 aromatic carbocycles. The molecule has 1 aliphatic heterocycles. The lowest BCUT2D eigenvalue weighted by Crippen LogP contribution is -2.41. The molecule has 0 amide bonds. The second-order valence-corrected chi connectivity index (χ2v) is 7.14. The van der Waals surface area contributed by atoms with E-state index in [2.05, 4.69) is 32.6 Å². The topological polar surface area (TPSA) is 29.5 Å². The Morgan fingerprint density at radius 1 is 1.05 bits per heavy atom. The molecule has 3 heteroatoms. The number of hydrogen-bond donors (Lipinski definition) is 0. The van der Waals surface area contributed by atoms with Crippen LogP contribution in [-0.2, 0) is 9.53 Å². The molecule has 0 N–H and O–H groups in total. The second kappa shape index (κ2) is 7.04. The SMILES string of the molecule is CCCCN(CCCC)CC1C(=O)C(C)(C)OC1(C)C. The maximum Gasteiger partial charge on any atom is 0.171 e. The van der Waals surface area contributed by atoms with E-state index < -0.39 is 5.60 Å². The standard InChI is InChI=1S/C17H33NO2/c1-7-9-11-18(12-10-8-2)13-14-15(19)17(5,6)20-16(14,3)4/h14H,7-13H2,1-6H3. The molecule has 3 nitrogen and oxygen atoms in total. The van der Waals surface area contributed by atoms with Crippen LogP contribution in [0.5, 0.6) is 0 Å². The average molecular weight is 283 g/mol. The van der Waals surface area contributed by atoms with Gasteiger partial charge in [0.15, 0.2) is 5.78 Å². The predicted octanol–water partition coefficient (Wildman–Crippen LogP) is 3.66. The predicted molar refractivity (Wildman–Crippen MR) is 84.0 cm³/mol. The molecular weight excluding hydrogens is 250 g/mol. The summed E-state index contributed by atoms with van der Waals surface area (Å²) in [5.41, 5.74) is -0.980. The Labute approximate surface area is 125 Å². The average Bonchev–Trinajstić information content (AvgIpc) is 2.50. The van der Waals surface area contributed by atoms with E-state index in [4.69, 9.17) is 4.74 Å².